The molecule has 0 amide bonds. The predicted molar refractivity (Wildman–Crippen MR) is 85.9 cm³/mol. The van der Waals surface area contributed by atoms with Gasteiger partial charge in [-0.1, -0.05) is 29.8 Å². The van der Waals surface area contributed by atoms with Crippen molar-refractivity contribution in [2.75, 3.05) is 12.4 Å². The highest BCUT2D eigenvalue weighted by atomic mass is 32.2. The number of sulfonamides is 1. The van der Waals surface area contributed by atoms with Crippen molar-refractivity contribution in [3.63, 3.8) is 0 Å². The fourth-order valence-electron chi connectivity index (χ4n) is 2.12. The van der Waals surface area contributed by atoms with Crippen LogP contribution in [0.5, 0.6) is 0 Å². The van der Waals surface area contributed by atoms with Crippen LogP contribution in [0.15, 0.2) is 53.4 Å². The Balaban J connectivity index is 2.14. The Bertz CT molecular complexity index is 709. The Labute approximate surface area is 126 Å². The molecule has 21 heavy (non-hydrogen) atoms. The summed E-state index contributed by atoms with van der Waals surface area (Å²) in [6.07, 6.45) is 0. The maximum absolute atomic E-state index is 11.7. The molecule has 0 saturated heterocycles. The monoisotopic (exact) mass is 304 g/mol. The summed E-state index contributed by atoms with van der Waals surface area (Å²) in [6, 6.07) is 15.2. The molecule has 0 spiro atoms. The fourth-order valence-corrected chi connectivity index (χ4v) is 2.85. The van der Waals surface area contributed by atoms with Crippen molar-refractivity contribution in [2.24, 2.45) is 0 Å². The quantitative estimate of drug-likeness (QED) is 0.892. The van der Waals surface area contributed by atoms with E-state index in [4.69, 9.17) is 0 Å². The van der Waals surface area contributed by atoms with E-state index in [9.17, 15) is 8.42 Å². The number of rotatable bonds is 5. The molecular formula is C16H20N2O2S. The standard InChI is InChI=1S/C16H20N2O2S/c1-12-5-4-6-14(11-12)13(2)18-15-7-9-16(10-8-15)21(19,20)17-3/h4-11,13,17-18H,1-3H3. The lowest BCUT2D eigenvalue weighted by Gasteiger charge is -2.16. The first-order valence-corrected chi connectivity index (χ1v) is 8.27. The maximum atomic E-state index is 11.7. The Morgan fingerprint density at radius 2 is 1.71 bits per heavy atom. The molecule has 0 heterocycles. The topological polar surface area (TPSA) is 58.2 Å². The highest BCUT2D eigenvalue weighted by Crippen LogP contribution is 2.21. The van der Waals surface area contributed by atoms with Crippen LogP contribution in [-0.4, -0.2) is 15.5 Å². The van der Waals surface area contributed by atoms with Crippen LogP contribution < -0.4 is 10.0 Å². The third kappa shape index (κ3) is 3.83. The third-order valence-electron chi connectivity index (χ3n) is 3.36. The highest BCUT2D eigenvalue weighted by molar-refractivity contribution is 7.89. The largest absolute Gasteiger partial charge is 0.379 e. The van der Waals surface area contributed by atoms with Gasteiger partial charge in [0.2, 0.25) is 10.0 Å². The molecule has 0 saturated carbocycles. The SMILES string of the molecule is CNS(=O)(=O)c1ccc(NC(C)c2cccc(C)c2)cc1. The van der Waals surface area contributed by atoms with Gasteiger partial charge in [-0.3, -0.25) is 0 Å². The van der Waals surface area contributed by atoms with E-state index in [0.717, 1.165) is 5.69 Å². The normalized spacial score (nSPS) is 12.9. The van der Waals surface area contributed by atoms with Crippen molar-refractivity contribution in [1.29, 1.82) is 0 Å². The van der Waals surface area contributed by atoms with Crippen LogP contribution >= 0.6 is 0 Å². The van der Waals surface area contributed by atoms with Gasteiger partial charge in [0.25, 0.3) is 0 Å². The first kappa shape index (κ1) is 15.5. The van der Waals surface area contributed by atoms with Gasteiger partial charge in [-0.2, -0.15) is 0 Å². The van der Waals surface area contributed by atoms with Gasteiger partial charge < -0.3 is 5.32 Å². The molecular weight excluding hydrogens is 284 g/mol. The first-order chi connectivity index (χ1) is 9.92. The average molecular weight is 304 g/mol. The van der Waals surface area contributed by atoms with Gasteiger partial charge in [0.1, 0.15) is 0 Å². The summed E-state index contributed by atoms with van der Waals surface area (Å²) in [5.41, 5.74) is 3.30. The summed E-state index contributed by atoms with van der Waals surface area (Å²) >= 11 is 0. The molecule has 0 aliphatic carbocycles. The summed E-state index contributed by atoms with van der Waals surface area (Å²) in [7, 11) is -1.97. The molecule has 2 rings (SSSR count). The number of benzene rings is 2. The number of aryl methyl sites for hydroxylation is 1. The van der Waals surface area contributed by atoms with Crippen molar-refractivity contribution < 1.29 is 8.42 Å². The molecule has 0 aliphatic rings. The van der Waals surface area contributed by atoms with E-state index in [1.165, 1.54) is 18.2 Å². The zero-order valence-electron chi connectivity index (χ0n) is 12.4. The molecule has 1 unspecified atom stereocenters. The first-order valence-electron chi connectivity index (χ1n) is 6.79. The van der Waals surface area contributed by atoms with Crippen molar-refractivity contribution >= 4 is 15.7 Å². The summed E-state index contributed by atoms with van der Waals surface area (Å²) in [5.74, 6) is 0. The second-order valence-electron chi connectivity index (χ2n) is 5.01. The lowest BCUT2D eigenvalue weighted by Crippen LogP contribution is -2.18. The smallest absolute Gasteiger partial charge is 0.240 e. The summed E-state index contributed by atoms with van der Waals surface area (Å²) in [6.45, 7) is 4.14. The summed E-state index contributed by atoms with van der Waals surface area (Å²) in [5, 5.41) is 3.37. The summed E-state index contributed by atoms with van der Waals surface area (Å²) < 4.78 is 25.6. The minimum atomic E-state index is -3.38. The minimum absolute atomic E-state index is 0.150. The Morgan fingerprint density at radius 3 is 2.29 bits per heavy atom. The van der Waals surface area contributed by atoms with E-state index in [0.29, 0.717) is 0 Å². The van der Waals surface area contributed by atoms with Gasteiger partial charge in [0.05, 0.1) is 4.90 Å². The molecule has 0 aromatic heterocycles. The number of nitrogens with one attached hydrogen (secondary N) is 2. The van der Waals surface area contributed by atoms with Crippen LogP contribution in [0.25, 0.3) is 0 Å². The number of hydrogen-bond donors (Lipinski definition) is 2. The number of hydrogen-bond acceptors (Lipinski definition) is 3. The zero-order valence-corrected chi connectivity index (χ0v) is 13.2. The fraction of sp³-hybridized carbons (Fsp3) is 0.250. The Kier molecular flexibility index (Phi) is 4.65. The molecule has 0 fully saturated rings. The molecule has 2 aromatic carbocycles. The van der Waals surface area contributed by atoms with Crippen LogP contribution in [0.4, 0.5) is 5.69 Å². The van der Waals surface area contributed by atoms with Gasteiger partial charge in [-0.25, -0.2) is 13.1 Å². The molecule has 2 N–H and O–H groups in total. The van der Waals surface area contributed by atoms with Gasteiger partial charge in [-0.05, 0) is 50.7 Å². The second-order valence-corrected chi connectivity index (χ2v) is 6.90. The van der Waals surface area contributed by atoms with Gasteiger partial charge in [0, 0.05) is 11.7 Å². The van der Waals surface area contributed by atoms with E-state index in [1.54, 1.807) is 24.3 Å². The van der Waals surface area contributed by atoms with Gasteiger partial charge in [0.15, 0.2) is 0 Å². The lowest BCUT2D eigenvalue weighted by atomic mass is 10.1. The van der Waals surface area contributed by atoms with E-state index < -0.39 is 10.0 Å². The van der Waals surface area contributed by atoms with Crippen LogP contribution in [0, 0.1) is 6.92 Å². The van der Waals surface area contributed by atoms with Crippen LogP contribution in [0.1, 0.15) is 24.1 Å². The molecule has 1 atom stereocenters. The van der Waals surface area contributed by atoms with E-state index in [-0.39, 0.29) is 10.9 Å². The van der Waals surface area contributed by atoms with Crippen molar-refractivity contribution in [3.05, 3.63) is 59.7 Å². The van der Waals surface area contributed by atoms with Crippen molar-refractivity contribution in [3.8, 4) is 0 Å². The van der Waals surface area contributed by atoms with E-state index in [2.05, 4.69) is 42.1 Å². The lowest BCUT2D eigenvalue weighted by molar-refractivity contribution is 0.588. The predicted octanol–water partition coefficient (Wildman–Crippen LogP) is 3.08. The average Bonchev–Trinajstić information content (AvgIpc) is 2.48. The number of anilines is 1. The van der Waals surface area contributed by atoms with Crippen LogP contribution in [0.2, 0.25) is 0 Å². The molecule has 4 nitrogen and oxygen atoms in total. The zero-order chi connectivity index (χ0) is 15.5. The molecule has 112 valence electrons. The van der Waals surface area contributed by atoms with Crippen molar-refractivity contribution in [2.45, 2.75) is 24.8 Å². The maximum Gasteiger partial charge on any atom is 0.240 e. The molecule has 5 heteroatoms. The second kappa shape index (κ2) is 6.28. The molecule has 0 bridgehead atoms. The molecule has 0 aliphatic heterocycles. The van der Waals surface area contributed by atoms with Crippen LogP contribution in [-0.2, 0) is 10.0 Å². The van der Waals surface area contributed by atoms with E-state index >= 15 is 0 Å². The van der Waals surface area contributed by atoms with Gasteiger partial charge >= 0.3 is 0 Å². The van der Waals surface area contributed by atoms with Crippen LogP contribution in [0.3, 0.4) is 0 Å². The molecule has 0 radical (unpaired) electrons. The molecule has 2 aromatic rings. The Hall–Kier alpha value is -1.85. The van der Waals surface area contributed by atoms with Crippen molar-refractivity contribution in [1.82, 2.24) is 4.72 Å². The minimum Gasteiger partial charge on any atom is -0.379 e. The van der Waals surface area contributed by atoms with Gasteiger partial charge in [-0.15, -0.1) is 0 Å². The summed E-state index contributed by atoms with van der Waals surface area (Å²) in [4.78, 5) is 0.263. The highest BCUT2D eigenvalue weighted by Gasteiger charge is 2.11. The third-order valence-corrected chi connectivity index (χ3v) is 4.79. The Morgan fingerprint density at radius 1 is 1.05 bits per heavy atom. The van der Waals surface area contributed by atoms with E-state index in [1.807, 2.05) is 6.07 Å².